The number of carbonyl (C=O) groups is 3. The summed E-state index contributed by atoms with van der Waals surface area (Å²) in [6.45, 7) is 4.61. The first-order valence-electron chi connectivity index (χ1n) is 33.3. The highest BCUT2D eigenvalue weighted by Gasteiger charge is 2.25. The molecule has 472 valence electrons. The van der Waals surface area contributed by atoms with Crippen molar-refractivity contribution in [2.24, 2.45) is 0 Å². The fourth-order valence-corrected chi connectivity index (χ4v) is 8.87. The van der Waals surface area contributed by atoms with Crippen molar-refractivity contribution < 1.29 is 42.9 Å². The summed E-state index contributed by atoms with van der Waals surface area (Å²) in [4.78, 5) is 37.6. The van der Waals surface area contributed by atoms with Crippen LogP contribution in [0.5, 0.6) is 0 Å². The van der Waals surface area contributed by atoms with Crippen LogP contribution < -0.4 is 0 Å². The minimum atomic E-state index is -1.53. The van der Waals surface area contributed by atoms with Gasteiger partial charge in [-0.05, 0) is 109 Å². The molecular formula is C74H124NO8+. The lowest BCUT2D eigenvalue weighted by molar-refractivity contribution is -0.870. The summed E-state index contributed by atoms with van der Waals surface area (Å²) < 4.78 is 22.9. The van der Waals surface area contributed by atoms with Gasteiger partial charge in [-0.1, -0.05) is 270 Å². The molecule has 0 aliphatic heterocycles. The Morgan fingerprint density at radius 2 is 0.651 bits per heavy atom. The van der Waals surface area contributed by atoms with Gasteiger partial charge in [-0.3, -0.25) is 9.59 Å². The molecule has 0 rings (SSSR count). The molecule has 0 radical (unpaired) electrons. The first-order chi connectivity index (χ1) is 40.6. The smallest absolute Gasteiger partial charge is 0.361 e. The average Bonchev–Trinajstić information content (AvgIpc) is 3.46. The zero-order chi connectivity index (χ0) is 60.5. The number of quaternary nitrogens is 1. The van der Waals surface area contributed by atoms with E-state index in [1.165, 1.54) is 116 Å². The third-order valence-electron chi connectivity index (χ3n) is 13.9. The predicted octanol–water partition coefficient (Wildman–Crippen LogP) is 20.6. The zero-order valence-corrected chi connectivity index (χ0v) is 53.8. The molecule has 0 aliphatic rings. The van der Waals surface area contributed by atoms with Gasteiger partial charge in [-0.15, -0.1) is 0 Å². The molecule has 0 aliphatic carbocycles. The summed E-state index contributed by atoms with van der Waals surface area (Å²) in [5.41, 5.74) is 0. The third-order valence-corrected chi connectivity index (χ3v) is 13.9. The van der Waals surface area contributed by atoms with Crippen molar-refractivity contribution in [3.63, 3.8) is 0 Å². The fourth-order valence-electron chi connectivity index (χ4n) is 8.87. The Morgan fingerprint density at radius 3 is 0.976 bits per heavy atom. The van der Waals surface area contributed by atoms with Crippen molar-refractivity contribution in [2.75, 3.05) is 47.5 Å². The van der Waals surface area contributed by atoms with E-state index in [2.05, 4.69) is 148 Å². The lowest BCUT2D eigenvalue weighted by Crippen LogP contribution is -2.40. The van der Waals surface area contributed by atoms with Gasteiger partial charge in [-0.2, -0.15) is 0 Å². The van der Waals surface area contributed by atoms with Crippen molar-refractivity contribution in [3.05, 3.63) is 134 Å². The summed E-state index contributed by atoms with van der Waals surface area (Å²) in [7, 11) is 5.96. The summed E-state index contributed by atoms with van der Waals surface area (Å²) in [6.07, 6.45) is 88.5. The number of allylic oxidation sites excluding steroid dienone is 22. The van der Waals surface area contributed by atoms with Gasteiger partial charge in [0.05, 0.1) is 34.4 Å². The fraction of sp³-hybridized carbons (Fsp3) is 0.662. The lowest BCUT2D eigenvalue weighted by atomic mass is 10.0. The second-order valence-corrected chi connectivity index (χ2v) is 23.0. The van der Waals surface area contributed by atoms with Crippen LogP contribution in [0.3, 0.4) is 0 Å². The van der Waals surface area contributed by atoms with Crippen LogP contribution in [0.1, 0.15) is 258 Å². The van der Waals surface area contributed by atoms with Crippen LogP contribution in [-0.4, -0.2) is 87.4 Å². The van der Waals surface area contributed by atoms with Crippen molar-refractivity contribution in [3.8, 4) is 0 Å². The molecule has 0 aromatic heterocycles. The SMILES string of the molecule is CC/C=C\C/C=C\C/C=C\C/C=C\C/C=C\C/C=C\C/C=C\CCCCCC(=O)OC(COC(=O)CCCCCCCCCCCCCCCCCCCCCC/C=C\C/C=C\C/C=C\C/C=C\CC)COC(OCC[N+](C)(C)C)C(=O)O. The largest absolute Gasteiger partial charge is 0.477 e. The molecule has 1 N–H and O–H groups in total. The molecule has 2 unspecified atom stereocenters. The second kappa shape index (κ2) is 63.5. The van der Waals surface area contributed by atoms with E-state index < -0.39 is 24.3 Å². The van der Waals surface area contributed by atoms with Crippen LogP contribution in [0.25, 0.3) is 0 Å². The van der Waals surface area contributed by atoms with Gasteiger partial charge >= 0.3 is 17.9 Å². The molecule has 0 aromatic rings. The molecule has 0 aromatic carbocycles. The predicted molar refractivity (Wildman–Crippen MR) is 354 cm³/mol. The first kappa shape index (κ1) is 78.4. The molecule has 9 heteroatoms. The minimum Gasteiger partial charge on any atom is -0.477 e. The molecule has 9 nitrogen and oxygen atoms in total. The van der Waals surface area contributed by atoms with E-state index in [9.17, 15) is 19.5 Å². The lowest BCUT2D eigenvalue weighted by Gasteiger charge is -2.25. The Bertz CT molecular complexity index is 1820. The highest BCUT2D eigenvalue weighted by molar-refractivity contribution is 5.71. The number of hydrogen-bond donors (Lipinski definition) is 1. The van der Waals surface area contributed by atoms with E-state index in [1.54, 1.807) is 0 Å². The van der Waals surface area contributed by atoms with Crippen molar-refractivity contribution in [1.82, 2.24) is 0 Å². The number of rotatable bonds is 60. The third kappa shape index (κ3) is 64.8. The molecule has 0 saturated carbocycles. The van der Waals surface area contributed by atoms with Gasteiger partial charge in [0.1, 0.15) is 13.2 Å². The average molecular weight is 1160 g/mol. The maximum atomic E-state index is 12.9. The van der Waals surface area contributed by atoms with E-state index in [1.807, 2.05) is 21.1 Å². The van der Waals surface area contributed by atoms with Crippen LogP contribution >= 0.6 is 0 Å². The van der Waals surface area contributed by atoms with Gasteiger partial charge in [0.25, 0.3) is 6.29 Å². The molecule has 0 spiro atoms. The minimum absolute atomic E-state index is 0.175. The van der Waals surface area contributed by atoms with Crippen molar-refractivity contribution in [2.45, 2.75) is 270 Å². The number of aliphatic carboxylic acids is 1. The number of esters is 2. The molecular weight excluding hydrogens is 1030 g/mol. The van der Waals surface area contributed by atoms with Crippen LogP contribution in [0, 0.1) is 0 Å². The standard InChI is InChI=1S/C74H123NO8/c1-6-8-10-12-14-16-18-20-22-24-26-28-30-32-33-34-35-36-37-38-39-41-42-44-46-48-50-52-54-56-58-60-62-64-71(76)81-68-70(69-82-74(73(78)79)80-67-66-75(3,4)5)83-72(77)65-63-61-59-57-55-53-51-49-47-45-43-40-31-29-27-25-23-21-19-17-15-13-11-9-7-2/h8-11,14-17,20-23,26-29,40,43,47,49,53,55,70,74H,6-7,12-13,18-19,24-25,30-39,41-42,44-46,48,50-52,54,56-69H2,1-5H3/p+1/b10-8-,11-9-,16-14-,17-15-,22-20-,23-21-,28-26-,29-27-,43-40-,49-47-,55-53-. The Kier molecular flexibility index (Phi) is 60.0. The summed E-state index contributed by atoms with van der Waals surface area (Å²) in [5.74, 6) is -2.05. The molecule has 2 atom stereocenters. The Morgan fingerprint density at radius 1 is 0.361 bits per heavy atom. The van der Waals surface area contributed by atoms with Crippen LogP contribution in [-0.2, 0) is 33.3 Å². The highest BCUT2D eigenvalue weighted by atomic mass is 16.7. The number of likely N-dealkylation sites (N-methyl/N-ethyl adjacent to an activating group) is 1. The van der Waals surface area contributed by atoms with E-state index in [4.69, 9.17) is 18.9 Å². The second-order valence-electron chi connectivity index (χ2n) is 23.0. The monoisotopic (exact) mass is 1150 g/mol. The maximum Gasteiger partial charge on any atom is 0.361 e. The van der Waals surface area contributed by atoms with Gasteiger partial charge in [0, 0.05) is 12.8 Å². The van der Waals surface area contributed by atoms with Gasteiger partial charge < -0.3 is 28.5 Å². The number of nitrogens with zero attached hydrogens (tertiary/aromatic N) is 1. The summed E-state index contributed by atoms with van der Waals surface area (Å²) in [5, 5.41) is 9.73. The van der Waals surface area contributed by atoms with E-state index >= 15 is 0 Å². The van der Waals surface area contributed by atoms with Crippen LogP contribution in [0.2, 0.25) is 0 Å². The van der Waals surface area contributed by atoms with Gasteiger partial charge in [0.2, 0.25) is 0 Å². The van der Waals surface area contributed by atoms with Gasteiger partial charge in [-0.25, -0.2) is 4.79 Å². The molecule has 0 fully saturated rings. The normalized spacial score (nSPS) is 13.6. The Balaban J connectivity index is 4.18. The number of carboxylic acids is 1. The molecule has 0 heterocycles. The van der Waals surface area contributed by atoms with Crippen LogP contribution in [0.15, 0.2) is 134 Å². The van der Waals surface area contributed by atoms with Gasteiger partial charge in [0.15, 0.2) is 6.10 Å². The molecule has 83 heavy (non-hydrogen) atoms. The molecule has 0 amide bonds. The molecule has 0 saturated heterocycles. The number of carbonyl (C=O) groups excluding carboxylic acids is 2. The van der Waals surface area contributed by atoms with Crippen molar-refractivity contribution in [1.29, 1.82) is 0 Å². The number of ether oxygens (including phenoxy) is 4. The van der Waals surface area contributed by atoms with E-state index in [0.717, 1.165) is 109 Å². The summed E-state index contributed by atoms with van der Waals surface area (Å²) >= 11 is 0. The highest BCUT2D eigenvalue weighted by Crippen LogP contribution is 2.17. The Hall–Kier alpha value is -4.57. The first-order valence-corrected chi connectivity index (χ1v) is 33.3. The van der Waals surface area contributed by atoms with Crippen molar-refractivity contribution >= 4 is 17.9 Å². The van der Waals surface area contributed by atoms with E-state index in [0.29, 0.717) is 17.4 Å². The quantitative estimate of drug-likeness (QED) is 0.0211. The number of hydrogen-bond acceptors (Lipinski definition) is 7. The summed E-state index contributed by atoms with van der Waals surface area (Å²) in [6, 6.07) is 0. The maximum absolute atomic E-state index is 12.9. The van der Waals surface area contributed by atoms with E-state index in [-0.39, 0.29) is 38.6 Å². The number of carboxylic acid groups (broad SMARTS) is 1. The number of unbranched alkanes of at least 4 members (excludes halogenated alkanes) is 23. The van der Waals surface area contributed by atoms with Crippen LogP contribution in [0.4, 0.5) is 0 Å². The zero-order valence-electron chi connectivity index (χ0n) is 53.8. The Labute approximate surface area is 509 Å². The topological polar surface area (TPSA) is 108 Å². The molecule has 0 bridgehead atoms.